The zero-order chi connectivity index (χ0) is 20.5. The molecular formula is C22H20ClN5O. The molecule has 0 aliphatic rings. The first-order chi connectivity index (χ1) is 14.0. The van der Waals surface area contributed by atoms with E-state index in [1.807, 2.05) is 37.3 Å². The fraction of sp³-hybridized carbons (Fsp3) is 0.182. The van der Waals surface area contributed by atoms with E-state index in [2.05, 4.69) is 29.4 Å². The molecule has 29 heavy (non-hydrogen) atoms. The number of para-hydroxylation sites is 1. The van der Waals surface area contributed by atoms with E-state index in [4.69, 9.17) is 16.7 Å². The van der Waals surface area contributed by atoms with E-state index < -0.39 is 0 Å². The minimum Gasteiger partial charge on any atom is -0.319 e. The van der Waals surface area contributed by atoms with Gasteiger partial charge in [0.25, 0.3) is 5.91 Å². The number of amides is 1. The van der Waals surface area contributed by atoms with Gasteiger partial charge >= 0.3 is 0 Å². The Morgan fingerprint density at radius 1 is 1.03 bits per heavy atom. The molecular weight excluding hydrogens is 386 g/mol. The molecule has 1 amide bonds. The number of aromatic nitrogens is 4. The predicted octanol–water partition coefficient (Wildman–Crippen LogP) is 5.13. The molecule has 2 aromatic heterocycles. The van der Waals surface area contributed by atoms with Crippen molar-refractivity contribution in [3.8, 4) is 11.1 Å². The van der Waals surface area contributed by atoms with Gasteiger partial charge in [0.2, 0.25) is 0 Å². The van der Waals surface area contributed by atoms with Crippen molar-refractivity contribution >= 4 is 28.8 Å². The molecule has 146 valence electrons. The van der Waals surface area contributed by atoms with Gasteiger partial charge in [-0.2, -0.15) is 5.10 Å². The highest BCUT2D eigenvalue weighted by molar-refractivity contribution is 6.33. The van der Waals surface area contributed by atoms with Crippen molar-refractivity contribution in [1.82, 2.24) is 19.8 Å². The molecule has 2 aromatic carbocycles. The monoisotopic (exact) mass is 405 g/mol. The summed E-state index contributed by atoms with van der Waals surface area (Å²) in [5.74, 6) is -0.195. The van der Waals surface area contributed by atoms with Crippen LogP contribution in [0.4, 0.5) is 5.69 Å². The molecule has 0 bridgehead atoms. The van der Waals surface area contributed by atoms with Crippen LogP contribution in [0, 0.1) is 6.92 Å². The van der Waals surface area contributed by atoms with Crippen molar-refractivity contribution in [3.05, 3.63) is 76.7 Å². The fourth-order valence-corrected chi connectivity index (χ4v) is 3.44. The van der Waals surface area contributed by atoms with E-state index in [1.165, 1.54) is 0 Å². The molecule has 0 saturated carbocycles. The first-order valence-electron chi connectivity index (χ1n) is 9.34. The lowest BCUT2D eigenvalue weighted by Gasteiger charge is -2.09. The molecule has 4 aromatic rings. The van der Waals surface area contributed by atoms with Crippen LogP contribution in [0.15, 0.2) is 54.6 Å². The van der Waals surface area contributed by atoms with Crippen molar-refractivity contribution in [2.75, 3.05) is 5.32 Å². The van der Waals surface area contributed by atoms with Crippen LogP contribution in [-0.4, -0.2) is 25.7 Å². The van der Waals surface area contributed by atoms with E-state index in [-0.39, 0.29) is 17.5 Å². The number of carbonyl (C=O) groups excluding carboxylic acids is 1. The highest BCUT2D eigenvalue weighted by Crippen LogP contribution is 2.32. The van der Waals surface area contributed by atoms with Crippen LogP contribution in [-0.2, 0) is 0 Å². The normalized spacial score (nSPS) is 11.2. The number of hydrogen-bond acceptors (Lipinski definition) is 4. The summed E-state index contributed by atoms with van der Waals surface area (Å²) in [6, 6.07) is 17.0. The van der Waals surface area contributed by atoms with Crippen molar-refractivity contribution in [3.63, 3.8) is 0 Å². The number of aryl methyl sites for hydroxylation is 1. The standard InChI is InChI=1S/C22H20ClN5O/c1-13(2)19-18(15-9-5-4-6-10-15)21-26-25-20(14(3)28(21)27-19)22(29)24-17-12-8-7-11-16(17)23/h4-13H,1-3H3,(H,24,29). The summed E-state index contributed by atoms with van der Waals surface area (Å²) in [6.45, 7) is 5.99. The third-order valence-corrected chi connectivity index (χ3v) is 5.07. The Balaban J connectivity index is 1.82. The Morgan fingerprint density at radius 3 is 2.41 bits per heavy atom. The maximum atomic E-state index is 12.8. The van der Waals surface area contributed by atoms with Gasteiger partial charge in [-0.3, -0.25) is 4.79 Å². The molecule has 0 atom stereocenters. The molecule has 0 spiro atoms. The summed E-state index contributed by atoms with van der Waals surface area (Å²) in [4.78, 5) is 12.8. The van der Waals surface area contributed by atoms with Gasteiger partial charge in [0.1, 0.15) is 0 Å². The van der Waals surface area contributed by atoms with Crippen LogP contribution in [0.3, 0.4) is 0 Å². The first kappa shape index (κ1) is 19.1. The molecule has 1 N–H and O–H groups in total. The summed E-state index contributed by atoms with van der Waals surface area (Å²) in [5, 5.41) is 16.6. The average molecular weight is 406 g/mol. The highest BCUT2D eigenvalue weighted by atomic mass is 35.5. The molecule has 0 aliphatic heterocycles. The fourth-order valence-electron chi connectivity index (χ4n) is 3.26. The van der Waals surface area contributed by atoms with E-state index in [0.717, 1.165) is 16.8 Å². The van der Waals surface area contributed by atoms with E-state index >= 15 is 0 Å². The second kappa shape index (κ2) is 7.64. The molecule has 0 unspecified atom stereocenters. The lowest BCUT2D eigenvalue weighted by atomic mass is 10.00. The lowest BCUT2D eigenvalue weighted by Crippen LogP contribution is -2.18. The third-order valence-electron chi connectivity index (χ3n) is 4.74. The van der Waals surface area contributed by atoms with Gasteiger partial charge in [-0.1, -0.05) is 67.9 Å². The zero-order valence-corrected chi connectivity index (χ0v) is 17.1. The summed E-state index contributed by atoms with van der Waals surface area (Å²) >= 11 is 6.15. The molecule has 0 aliphatic carbocycles. The number of nitrogens with one attached hydrogen (secondary N) is 1. The number of nitrogens with zero attached hydrogens (tertiary/aromatic N) is 4. The van der Waals surface area contributed by atoms with Gasteiger partial charge in [-0.25, -0.2) is 4.52 Å². The Labute approximate surface area is 173 Å². The average Bonchev–Trinajstić information content (AvgIpc) is 3.11. The number of anilines is 1. The second-order valence-electron chi connectivity index (χ2n) is 7.08. The van der Waals surface area contributed by atoms with Gasteiger partial charge in [-0.05, 0) is 30.5 Å². The number of benzene rings is 2. The van der Waals surface area contributed by atoms with Gasteiger partial charge in [-0.15, -0.1) is 10.2 Å². The molecule has 0 saturated heterocycles. The minimum atomic E-state index is -0.382. The minimum absolute atomic E-state index is 0.187. The Hall–Kier alpha value is -3.25. The summed E-state index contributed by atoms with van der Waals surface area (Å²) in [6.07, 6.45) is 0. The van der Waals surface area contributed by atoms with Crippen LogP contribution in [0.25, 0.3) is 16.8 Å². The van der Waals surface area contributed by atoms with Gasteiger partial charge < -0.3 is 5.32 Å². The van der Waals surface area contributed by atoms with Crippen molar-refractivity contribution in [2.45, 2.75) is 26.7 Å². The zero-order valence-electron chi connectivity index (χ0n) is 16.3. The molecule has 2 heterocycles. The quantitative estimate of drug-likeness (QED) is 0.511. The summed E-state index contributed by atoms with van der Waals surface area (Å²) in [7, 11) is 0. The van der Waals surface area contributed by atoms with Gasteiger partial charge in [0.05, 0.1) is 27.7 Å². The molecule has 6 nitrogen and oxygen atoms in total. The third kappa shape index (κ3) is 3.47. The van der Waals surface area contributed by atoms with Crippen molar-refractivity contribution in [2.24, 2.45) is 0 Å². The second-order valence-corrected chi connectivity index (χ2v) is 7.49. The SMILES string of the molecule is Cc1c(C(=O)Nc2ccccc2Cl)nnc2c(-c3ccccc3)c(C(C)C)nn12. The smallest absolute Gasteiger partial charge is 0.278 e. The lowest BCUT2D eigenvalue weighted by molar-refractivity contribution is 0.102. The Kier molecular flexibility index (Phi) is 5.03. The summed E-state index contributed by atoms with van der Waals surface area (Å²) in [5.41, 5.74) is 4.85. The topological polar surface area (TPSA) is 72.2 Å². The Morgan fingerprint density at radius 2 is 1.72 bits per heavy atom. The molecule has 0 fully saturated rings. The van der Waals surface area contributed by atoms with Crippen LogP contribution < -0.4 is 5.32 Å². The van der Waals surface area contributed by atoms with Gasteiger partial charge in [0, 0.05) is 0 Å². The Bertz CT molecular complexity index is 1200. The number of rotatable bonds is 4. The van der Waals surface area contributed by atoms with Crippen LogP contribution in [0.5, 0.6) is 0 Å². The van der Waals surface area contributed by atoms with Crippen molar-refractivity contribution < 1.29 is 4.79 Å². The first-order valence-corrected chi connectivity index (χ1v) is 9.72. The van der Waals surface area contributed by atoms with Crippen molar-refractivity contribution in [1.29, 1.82) is 0 Å². The number of carbonyl (C=O) groups is 1. The van der Waals surface area contributed by atoms with E-state index in [9.17, 15) is 4.79 Å². The molecule has 0 radical (unpaired) electrons. The summed E-state index contributed by atoms with van der Waals surface area (Å²) < 4.78 is 1.70. The predicted molar refractivity (Wildman–Crippen MR) is 114 cm³/mol. The maximum Gasteiger partial charge on any atom is 0.278 e. The number of fused-ring (bicyclic) bond motifs is 1. The molecule has 4 rings (SSSR count). The van der Waals surface area contributed by atoms with Crippen LogP contribution >= 0.6 is 11.6 Å². The number of halogens is 1. The number of hydrogen-bond donors (Lipinski definition) is 1. The van der Waals surface area contributed by atoms with E-state index in [0.29, 0.717) is 22.1 Å². The van der Waals surface area contributed by atoms with Crippen LogP contribution in [0.2, 0.25) is 5.02 Å². The highest BCUT2D eigenvalue weighted by Gasteiger charge is 2.23. The largest absolute Gasteiger partial charge is 0.319 e. The molecule has 7 heteroatoms. The van der Waals surface area contributed by atoms with Crippen LogP contribution in [0.1, 0.15) is 41.6 Å². The van der Waals surface area contributed by atoms with E-state index in [1.54, 1.807) is 28.8 Å². The maximum absolute atomic E-state index is 12.8. The van der Waals surface area contributed by atoms with Gasteiger partial charge in [0.15, 0.2) is 11.3 Å².